The van der Waals surface area contributed by atoms with Crippen LogP contribution in [0.3, 0.4) is 0 Å². The van der Waals surface area contributed by atoms with Crippen LogP contribution in [-0.4, -0.2) is 52.9 Å². The van der Waals surface area contributed by atoms with Gasteiger partial charge in [-0.1, -0.05) is 125 Å². The van der Waals surface area contributed by atoms with Gasteiger partial charge in [-0.05, 0) is 97.9 Å². The predicted molar refractivity (Wildman–Crippen MR) is 290 cm³/mol. The lowest BCUT2D eigenvalue weighted by molar-refractivity contribution is -0.183. The highest BCUT2D eigenvalue weighted by molar-refractivity contribution is 7.43. The lowest BCUT2D eigenvalue weighted by atomic mass is 9.87. The highest BCUT2D eigenvalue weighted by atomic mass is 31.2. The van der Waals surface area contributed by atoms with Crippen molar-refractivity contribution in [3.8, 4) is 45.6 Å². The first kappa shape index (κ1) is 54.0. The van der Waals surface area contributed by atoms with Crippen LogP contribution in [0.1, 0.15) is 135 Å². The molecule has 4 aliphatic rings. The summed E-state index contributed by atoms with van der Waals surface area (Å²) in [6, 6.07) is 39.2. The summed E-state index contributed by atoms with van der Waals surface area (Å²) in [7, 11) is -4.65. The molecular formula is C60H68O14P2. The van der Waals surface area contributed by atoms with E-state index in [0.29, 0.717) is 87.4 Å². The standard InChI is InChI=1S/C60H68O14P2/c1-39(2)43-29-27-41(5)53(55(43)73-75(69-49-23-11-7-19-45(49)57-61-31-15-32-62-57)70-50-24-12-8-20-46(50)58-63-33-16-34-64-58)54-42(6)28-30-44(40(3)4)56(54)74-76(71-51-25-13-9-21-47(51)59-65-35-17-36-66-59)72-52-26-14-10-22-48(52)60-67-37-18-38-68-60/h7-14,19-30,39-40,57-60H,15-18,31-38H2,1-6H3. The Labute approximate surface area is 449 Å². The van der Waals surface area contributed by atoms with Crippen LogP contribution >= 0.6 is 17.2 Å². The first-order valence-corrected chi connectivity index (χ1v) is 28.6. The van der Waals surface area contributed by atoms with Gasteiger partial charge in [0.25, 0.3) is 0 Å². The second kappa shape index (κ2) is 25.9. The van der Waals surface area contributed by atoms with Gasteiger partial charge in [0.15, 0.2) is 25.2 Å². The van der Waals surface area contributed by atoms with Gasteiger partial charge in [0, 0.05) is 11.1 Å². The minimum Gasteiger partial charge on any atom is -0.408 e. The van der Waals surface area contributed by atoms with E-state index < -0.39 is 42.4 Å². The summed E-state index contributed by atoms with van der Waals surface area (Å²) in [6.45, 7) is 17.2. The van der Waals surface area contributed by atoms with E-state index in [0.717, 1.165) is 81.3 Å². The Bertz CT molecular complexity index is 2540. The summed E-state index contributed by atoms with van der Waals surface area (Å²) >= 11 is 0. The third kappa shape index (κ3) is 12.8. The van der Waals surface area contributed by atoms with Crippen LogP contribution in [0.25, 0.3) is 11.1 Å². The van der Waals surface area contributed by atoms with Crippen molar-refractivity contribution in [3.05, 3.63) is 166 Å². The minimum absolute atomic E-state index is 0.0120. The van der Waals surface area contributed by atoms with Gasteiger partial charge in [-0.3, -0.25) is 0 Å². The van der Waals surface area contributed by atoms with Gasteiger partial charge in [-0.15, -0.1) is 0 Å². The molecule has 402 valence electrons. The fraction of sp³-hybridized carbons (Fsp3) is 0.400. The molecule has 4 saturated heterocycles. The lowest BCUT2D eigenvalue weighted by Crippen LogP contribution is -2.19. The smallest absolute Gasteiger partial charge is 0.408 e. The summed E-state index contributed by atoms with van der Waals surface area (Å²) < 4.78 is 92.0. The van der Waals surface area contributed by atoms with Crippen LogP contribution in [0, 0.1) is 13.8 Å². The van der Waals surface area contributed by atoms with Crippen molar-refractivity contribution in [2.75, 3.05) is 52.9 Å². The van der Waals surface area contributed by atoms with E-state index >= 15 is 0 Å². The second-order valence-electron chi connectivity index (χ2n) is 19.5. The number of benzene rings is 6. The fourth-order valence-electron chi connectivity index (χ4n) is 9.41. The third-order valence-electron chi connectivity index (χ3n) is 13.3. The molecule has 0 radical (unpaired) electrons. The molecule has 4 fully saturated rings. The average molecular weight is 1080 g/mol. The van der Waals surface area contributed by atoms with Crippen LogP contribution in [0.15, 0.2) is 121 Å². The van der Waals surface area contributed by atoms with Gasteiger partial charge in [-0.25, -0.2) is 0 Å². The molecule has 14 nitrogen and oxygen atoms in total. The van der Waals surface area contributed by atoms with Crippen LogP contribution in [0.2, 0.25) is 0 Å². The van der Waals surface area contributed by atoms with E-state index in [-0.39, 0.29) is 11.8 Å². The first-order chi connectivity index (χ1) is 37.2. The van der Waals surface area contributed by atoms with Gasteiger partial charge in [0.1, 0.15) is 34.5 Å². The molecule has 0 aliphatic carbocycles. The van der Waals surface area contributed by atoms with Crippen molar-refractivity contribution in [2.24, 2.45) is 0 Å². The highest BCUT2D eigenvalue weighted by Crippen LogP contribution is 2.56. The molecule has 0 N–H and O–H groups in total. The zero-order valence-electron chi connectivity index (χ0n) is 44.1. The average Bonchev–Trinajstić information content (AvgIpc) is 3.48. The predicted octanol–water partition coefficient (Wildman–Crippen LogP) is 15.5. The SMILES string of the molecule is Cc1ccc(C(C)C)c(OP(Oc2ccccc2C2OCCCO2)Oc2ccccc2C2OCCCO2)c1-c1c(C)ccc(C(C)C)c1OP(Oc1ccccc1C1OCCCO1)Oc1ccccc1C1OCCCO1. The van der Waals surface area contributed by atoms with Crippen LogP contribution in [0.5, 0.6) is 34.5 Å². The summed E-state index contributed by atoms with van der Waals surface area (Å²) in [6.07, 6.45) is 0.654. The van der Waals surface area contributed by atoms with Gasteiger partial charge >= 0.3 is 17.2 Å². The van der Waals surface area contributed by atoms with E-state index in [1.54, 1.807) is 0 Å². The molecule has 0 saturated carbocycles. The molecule has 10 rings (SSSR count). The third-order valence-corrected chi connectivity index (χ3v) is 15.4. The van der Waals surface area contributed by atoms with E-state index in [9.17, 15) is 0 Å². The van der Waals surface area contributed by atoms with Crippen molar-refractivity contribution in [1.29, 1.82) is 0 Å². The Morgan fingerprint density at radius 1 is 0.342 bits per heavy atom. The number of rotatable bonds is 19. The molecule has 6 aromatic rings. The Balaban J connectivity index is 1.11. The number of para-hydroxylation sites is 4. The molecule has 4 heterocycles. The lowest BCUT2D eigenvalue weighted by Gasteiger charge is -2.30. The van der Waals surface area contributed by atoms with Crippen molar-refractivity contribution in [2.45, 2.75) is 104 Å². The normalized spacial score (nSPS) is 17.3. The quantitative estimate of drug-likeness (QED) is 0.0713. The summed E-state index contributed by atoms with van der Waals surface area (Å²) in [5, 5.41) is 0. The van der Waals surface area contributed by atoms with Gasteiger partial charge in [0.2, 0.25) is 0 Å². The molecule has 0 spiro atoms. The first-order valence-electron chi connectivity index (χ1n) is 26.4. The number of ether oxygens (including phenoxy) is 8. The molecule has 0 amide bonds. The highest BCUT2D eigenvalue weighted by Gasteiger charge is 2.35. The van der Waals surface area contributed by atoms with Crippen molar-refractivity contribution >= 4 is 17.2 Å². The molecule has 16 heteroatoms. The molecule has 0 atom stereocenters. The Morgan fingerprint density at radius 3 is 0.842 bits per heavy atom. The second-order valence-corrected chi connectivity index (χ2v) is 21.5. The van der Waals surface area contributed by atoms with Crippen molar-refractivity contribution in [1.82, 2.24) is 0 Å². The fourth-order valence-corrected chi connectivity index (χ4v) is 11.6. The van der Waals surface area contributed by atoms with Crippen LogP contribution in [0.4, 0.5) is 0 Å². The van der Waals surface area contributed by atoms with E-state index in [1.165, 1.54) is 0 Å². The summed E-state index contributed by atoms with van der Waals surface area (Å²) in [5.41, 5.74) is 8.19. The summed E-state index contributed by atoms with van der Waals surface area (Å²) in [4.78, 5) is 0. The van der Waals surface area contributed by atoms with Crippen LogP contribution < -0.4 is 27.1 Å². The minimum atomic E-state index is -2.32. The van der Waals surface area contributed by atoms with Crippen molar-refractivity contribution < 1.29 is 65.0 Å². The summed E-state index contributed by atoms with van der Waals surface area (Å²) in [5.74, 6) is 3.11. The molecule has 4 aliphatic heterocycles. The largest absolute Gasteiger partial charge is 0.530 e. The molecular weight excluding hydrogens is 1010 g/mol. The number of aryl methyl sites for hydroxylation is 2. The molecule has 0 bridgehead atoms. The van der Waals surface area contributed by atoms with Crippen LogP contribution in [-0.2, 0) is 37.9 Å². The van der Waals surface area contributed by atoms with E-state index in [4.69, 9.17) is 65.0 Å². The zero-order chi connectivity index (χ0) is 52.4. The Kier molecular flexibility index (Phi) is 18.4. The number of hydrogen-bond acceptors (Lipinski definition) is 14. The molecule has 6 aromatic carbocycles. The number of hydrogen-bond donors (Lipinski definition) is 0. The maximum absolute atomic E-state index is 7.43. The molecule has 0 aromatic heterocycles. The maximum atomic E-state index is 7.43. The maximum Gasteiger partial charge on any atom is 0.530 e. The Morgan fingerprint density at radius 2 is 0.592 bits per heavy atom. The topological polar surface area (TPSA) is 129 Å². The van der Waals surface area contributed by atoms with Gasteiger partial charge < -0.3 is 65.0 Å². The van der Waals surface area contributed by atoms with Gasteiger partial charge in [0.05, 0.1) is 75.1 Å². The van der Waals surface area contributed by atoms with Crippen molar-refractivity contribution in [3.63, 3.8) is 0 Å². The monoisotopic (exact) mass is 1070 g/mol. The van der Waals surface area contributed by atoms with Gasteiger partial charge in [-0.2, -0.15) is 0 Å². The zero-order valence-corrected chi connectivity index (χ0v) is 45.9. The van der Waals surface area contributed by atoms with E-state index in [2.05, 4.69) is 65.8 Å². The Hall–Kier alpha value is -5.34. The van der Waals surface area contributed by atoms with E-state index in [1.807, 2.05) is 97.1 Å². The molecule has 0 unspecified atom stereocenters. The molecule has 76 heavy (non-hydrogen) atoms.